The van der Waals surface area contributed by atoms with Crippen LogP contribution in [0.1, 0.15) is 19.8 Å². The normalized spacial score (nSPS) is 21.9. The minimum atomic E-state index is -0.0481. The second-order valence-corrected chi connectivity index (χ2v) is 5.82. The van der Waals surface area contributed by atoms with Crippen molar-refractivity contribution < 1.29 is 0 Å². The quantitative estimate of drug-likeness (QED) is 0.806. The summed E-state index contributed by atoms with van der Waals surface area (Å²) in [5.41, 5.74) is -0.0481. The molecule has 0 spiro atoms. The number of hydrogen-bond acceptors (Lipinski definition) is 4. The summed E-state index contributed by atoms with van der Waals surface area (Å²) in [6.07, 6.45) is 3.67. The molecule has 0 aliphatic carbocycles. The van der Waals surface area contributed by atoms with Gasteiger partial charge >= 0.3 is 0 Å². The van der Waals surface area contributed by atoms with Gasteiger partial charge in [-0.15, -0.1) is 0 Å². The Morgan fingerprint density at radius 1 is 1.56 bits per heavy atom. The highest BCUT2D eigenvalue weighted by molar-refractivity contribution is 14.1. The lowest BCUT2D eigenvalue weighted by atomic mass is 10.2. The number of rotatable bonds is 2. The largest absolute Gasteiger partial charge is 0.351 e. The SMILES string of the molecule is CCC1CN(C)CCCN1c1nc[nH]c(=O)c1I. The van der Waals surface area contributed by atoms with E-state index in [0.717, 1.165) is 38.3 Å². The molecule has 1 aliphatic heterocycles. The molecule has 6 heteroatoms. The minimum absolute atomic E-state index is 0.0481. The van der Waals surface area contributed by atoms with Crippen molar-refractivity contribution in [2.75, 3.05) is 31.6 Å². The third kappa shape index (κ3) is 2.85. The molecule has 1 aliphatic rings. The van der Waals surface area contributed by atoms with Gasteiger partial charge in [-0.3, -0.25) is 4.79 Å². The van der Waals surface area contributed by atoms with Crippen LogP contribution >= 0.6 is 22.6 Å². The molecule has 0 aromatic carbocycles. The van der Waals surface area contributed by atoms with Crippen molar-refractivity contribution >= 4 is 28.4 Å². The molecule has 0 radical (unpaired) electrons. The highest BCUT2D eigenvalue weighted by Crippen LogP contribution is 2.22. The number of hydrogen-bond donors (Lipinski definition) is 1. The molecule has 18 heavy (non-hydrogen) atoms. The van der Waals surface area contributed by atoms with E-state index < -0.39 is 0 Å². The molecule has 1 N–H and O–H groups in total. The lowest BCUT2D eigenvalue weighted by Crippen LogP contribution is -2.41. The monoisotopic (exact) mass is 362 g/mol. The van der Waals surface area contributed by atoms with Gasteiger partial charge in [0.2, 0.25) is 0 Å². The van der Waals surface area contributed by atoms with Crippen molar-refractivity contribution in [3.05, 3.63) is 20.3 Å². The number of halogens is 1. The van der Waals surface area contributed by atoms with Gasteiger partial charge in [-0.05, 0) is 49.0 Å². The molecule has 1 unspecified atom stereocenters. The van der Waals surface area contributed by atoms with E-state index in [0.29, 0.717) is 9.61 Å². The van der Waals surface area contributed by atoms with E-state index in [1.807, 2.05) is 0 Å². The van der Waals surface area contributed by atoms with Crippen LogP contribution in [0.25, 0.3) is 0 Å². The van der Waals surface area contributed by atoms with Gasteiger partial charge < -0.3 is 14.8 Å². The number of likely N-dealkylation sites (N-methyl/N-ethyl adjacent to an activating group) is 1. The second-order valence-electron chi connectivity index (χ2n) is 4.74. The van der Waals surface area contributed by atoms with Crippen molar-refractivity contribution in [1.29, 1.82) is 0 Å². The molecule has 1 atom stereocenters. The van der Waals surface area contributed by atoms with Crippen LogP contribution in [0.15, 0.2) is 11.1 Å². The van der Waals surface area contributed by atoms with Crippen LogP contribution in [-0.2, 0) is 0 Å². The van der Waals surface area contributed by atoms with Crippen molar-refractivity contribution in [2.24, 2.45) is 0 Å². The molecule has 2 heterocycles. The number of nitrogens with one attached hydrogen (secondary N) is 1. The average Bonchev–Trinajstić information content (AvgIpc) is 2.54. The first-order valence-electron chi connectivity index (χ1n) is 6.31. The van der Waals surface area contributed by atoms with E-state index in [1.54, 1.807) is 0 Å². The van der Waals surface area contributed by atoms with Crippen LogP contribution in [0.4, 0.5) is 5.82 Å². The molecule has 0 bridgehead atoms. The molecule has 1 aromatic rings. The molecule has 1 fully saturated rings. The second kappa shape index (κ2) is 6.01. The minimum Gasteiger partial charge on any atom is -0.351 e. The van der Waals surface area contributed by atoms with E-state index in [2.05, 4.69) is 56.3 Å². The third-order valence-electron chi connectivity index (χ3n) is 3.42. The lowest BCUT2D eigenvalue weighted by molar-refractivity contribution is 0.327. The Bertz CT molecular complexity index is 462. The Labute approximate surface area is 121 Å². The summed E-state index contributed by atoms with van der Waals surface area (Å²) >= 11 is 2.09. The summed E-state index contributed by atoms with van der Waals surface area (Å²) < 4.78 is 0.693. The van der Waals surface area contributed by atoms with Gasteiger partial charge in [0.05, 0.1) is 6.33 Å². The first-order valence-corrected chi connectivity index (χ1v) is 7.39. The van der Waals surface area contributed by atoms with Crippen LogP contribution in [0.2, 0.25) is 0 Å². The zero-order chi connectivity index (χ0) is 13.1. The maximum atomic E-state index is 11.7. The van der Waals surface area contributed by atoms with Gasteiger partial charge in [0.1, 0.15) is 9.39 Å². The molecule has 0 amide bonds. The number of anilines is 1. The zero-order valence-corrected chi connectivity index (χ0v) is 13.0. The Morgan fingerprint density at radius 3 is 3.06 bits per heavy atom. The fourth-order valence-corrected chi connectivity index (χ4v) is 3.05. The number of nitrogens with zero attached hydrogens (tertiary/aromatic N) is 3. The van der Waals surface area contributed by atoms with Gasteiger partial charge in [0, 0.05) is 19.1 Å². The third-order valence-corrected chi connectivity index (χ3v) is 4.40. The Morgan fingerprint density at radius 2 is 2.33 bits per heavy atom. The molecule has 5 nitrogen and oxygen atoms in total. The topological polar surface area (TPSA) is 52.2 Å². The highest BCUT2D eigenvalue weighted by Gasteiger charge is 2.25. The van der Waals surface area contributed by atoms with Gasteiger partial charge in [0.15, 0.2) is 0 Å². The molecular weight excluding hydrogens is 343 g/mol. The summed E-state index contributed by atoms with van der Waals surface area (Å²) in [7, 11) is 2.16. The summed E-state index contributed by atoms with van der Waals surface area (Å²) in [6, 6.07) is 0.431. The number of aromatic amines is 1. The van der Waals surface area contributed by atoms with E-state index >= 15 is 0 Å². The fourth-order valence-electron chi connectivity index (χ4n) is 2.45. The molecule has 100 valence electrons. The van der Waals surface area contributed by atoms with Crippen LogP contribution < -0.4 is 10.5 Å². The summed E-state index contributed by atoms with van der Waals surface area (Å²) in [4.78, 5) is 23.3. The molecular formula is C12H19IN4O. The molecule has 0 saturated carbocycles. The Hall–Kier alpha value is -0.630. The molecule has 1 aromatic heterocycles. The van der Waals surface area contributed by atoms with Gasteiger partial charge in [-0.1, -0.05) is 6.92 Å². The smallest absolute Gasteiger partial charge is 0.266 e. The van der Waals surface area contributed by atoms with Crippen molar-refractivity contribution in [1.82, 2.24) is 14.9 Å². The Kier molecular flexibility index (Phi) is 4.60. The Balaban J connectivity index is 2.34. The molecule has 2 rings (SSSR count). The van der Waals surface area contributed by atoms with Gasteiger partial charge in [-0.25, -0.2) is 4.98 Å². The maximum Gasteiger partial charge on any atom is 0.266 e. The summed E-state index contributed by atoms with van der Waals surface area (Å²) in [5, 5.41) is 0. The van der Waals surface area contributed by atoms with Crippen molar-refractivity contribution in [3.63, 3.8) is 0 Å². The van der Waals surface area contributed by atoms with E-state index in [9.17, 15) is 4.79 Å². The van der Waals surface area contributed by atoms with Crippen LogP contribution in [0, 0.1) is 3.57 Å². The predicted molar refractivity (Wildman–Crippen MR) is 81.1 cm³/mol. The van der Waals surface area contributed by atoms with E-state index in [1.165, 1.54) is 6.33 Å². The number of H-pyrrole nitrogens is 1. The van der Waals surface area contributed by atoms with Gasteiger partial charge in [0.25, 0.3) is 5.56 Å². The van der Waals surface area contributed by atoms with Gasteiger partial charge in [-0.2, -0.15) is 0 Å². The highest BCUT2D eigenvalue weighted by atomic mass is 127. The standard InChI is InChI=1S/C12H19IN4O/c1-3-9-7-16(2)5-4-6-17(9)11-10(13)12(18)15-8-14-11/h8-9H,3-7H2,1-2H3,(H,14,15,18). The first kappa shape index (κ1) is 13.8. The fraction of sp³-hybridized carbons (Fsp3) is 0.667. The lowest BCUT2D eigenvalue weighted by Gasteiger charge is -2.31. The van der Waals surface area contributed by atoms with Crippen molar-refractivity contribution in [2.45, 2.75) is 25.8 Å². The van der Waals surface area contributed by atoms with Crippen LogP contribution in [-0.4, -0.2) is 47.6 Å². The summed E-state index contributed by atoms with van der Waals surface area (Å²) in [6.45, 7) is 5.29. The maximum absolute atomic E-state index is 11.7. The first-order chi connectivity index (χ1) is 8.63. The van der Waals surface area contributed by atoms with E-state index in [4.69, 9.17) is 0 Å². The van der Waals surface area contributed by atoms with Crippen LogP contribution in [0.5, 0.6) is 0 Å². The predicted octanol–water partition coefficient (Wildman–Crippen LogP) is 1.29. The summed E-state index contributed by atoms with van der Waals surface area (Å²) in [5.74, 6) is 0.835. The average molecular weight is 362 g/mol. The van der Waals surface area contributed by atoms with Crippen molar-refractivity contribution in [3.8, 4) is 0 Å². The molecule has 1 saturated heterocycles. The van der Waals surface area contributed by atoms with E-state index in [-0.39, 0.29) is 5.56 Å². The number of aromatic nitrogens is 2. The van der Waals surface area contributed by atoms with Crippen LogP contribution in [0.3, 0.4) is 0 Å². The zero-order valence-electron chi connectivity index (χ0n) is 10.8.